The number of ether oxygens (including phenoxy) is 1. The Bertz CT molecular complexity index is 1020. The van der Waals surface area contributed by atoms with Crippen molar-refractivity contribution in [3.63, 3.8) is 0 Å². The van der Waals surface area contributed by atoms with Crippen molar-refractivity contribution < 1.29 is 9.53 Å². The van der Waals surface area contributed by atoms with E-state index < -0.39 is 17.2 Å². The van der Waals surface area contributed by atoms with Crippen LogP contribution in [0, 0.1) is 0 Å². The maximum atomic E-state index is 12.6. The maximum absolute atomic E-state index is 12.6. The first-order chi connectivity index (χ1) is 12.1. The third-order valence-electron chi connectivity index (χ3n) is 3.56. The number of hydrogen-bond acceptors (Lipinski definition) is 4. The number of hydrogen-bond donors (Lipinski definition) is 2. The average molecular weight is 337 g/mol. The number of para-hydroxylation sites is 1. The Labute approximate surface area is 142 Å². The zero-order valence-corrected chi connectivity index (χ0v) is 13.4. The summed E-state index contributed by atoms with van der Waals surface area (Å²) < 4.78 is 6.01. The van der Waals surface area contributed by atoms with Crippen LogP contribution >= 0.6 is 0 Å². The summed E-state index contributed by atoms with van der Waals surface area (Å²) in [4.78, 5) is 39.5. The van der Waals surface area contributed by atoms with Gasteiger partial charge in [-0.15, -0.1) is 0 Å². The highest BCUT2D eigenvalue weighted by atomic mass is 16.5. The van der Waals surface area contributed by atoms with Crippen molar-refractivity contribution in [2.24, 2.45) is 0 Å². The predicted molar refractivity (Wildman–Crippen MR) is 93.6 cm³/mol. The number of aromatic amines is 1. The normalized spacial score (nSPS) is 10.3. The number of nitrogens with zero attached hydrogens (tertiary/aromatic N) is 1. The molecule has 1 aromatic heterocycles. The minimum Gasteiger partial charge on any atom is -0.497 e. The van der Waals surface area contributed by atoms with E-state index in [1.165, 1.54) is 7.11 Å². The third kappa shape index (κ3) is 3.35. The molecule has 1 heterocycles. The van der Waals surface area contributed by atoms with Gasteiger partial charge >= 0.3 is 5.69 Å². The van der Waals surface area contributed by atoms with Crippen LogP contribution in [0.15, 0.2) is 70.4 Å². The third-order valence-corrected chi connectivity index (χ3v) is 3.56. The molecule has 0 atom stereocenters. The molecule has 0 aliphatic heterocycles. The van der Waals surface area contributed by atoms with Gasteiger partial charge in [0.05, 0.1) is 12.8 Å². The second kappa shape index (κ2) is 6.88. The summed E-state index contributed by atoms with van der Waals surface area (Å²) in [6.45, 7) is 0. The van der Waals surface area contributed by atoms with E-state index >= 15 is 0 Å². The minimum absolute atomic E-state index is 0.175. The quantitative estimate of drug-likeness (QED) is 0.759. The molecular formula is C18H15N3O4. The molecule has 1 amide bonds. The smallest absolute Gasteiger partial charge is 0.333 e. The lowest BCUT2D eigenvalue weighted by molar-refractivity contribution is 0.102. The highest BCUT2D eigenvalue weighted by molar-refractivity contribution is 6.03. The summed E-state index contributed by atoms with van der Waals surface area (Å²) in [6.07, 6.45) is 1.11. The van der Waals surface area contributed by atoms with Crippen LogP contribution in [0.5, 0.6) is 5.75 Å². The molecule has 3 aromatic rings. The molecule has 0 aliphatic rings. The topological polar surface area (TPSA) is 93.2 Å². The van der Waals surface area contributed by atoms with Crippen LogP contribution in [0.2, 0.25) is 0 Å². The Balaban J connectivity index is 1.99. The lowest BCUT2D eigenvalue weighted by Crippen LogP contribution is -2.38. The van der Waals surface area contributed by atoms with Crippen LogP contribution in [-0.4, -0.2) is 22.6 Å². The number of rotatable bonds is 4. The molecule has 3 rings (SSSR count). The van der Waals surface area contributed by atoms with Gasteiger partial charge in [-0.25, -0.2) is 9.36 Å². The Hall–Kier alpha value is -3.61. The van der Waals surface area contributed by atoms with Crippen LogP contribution in [0.1, 0.15) is 10.4 Å². The van der Waals surface area contributed by atoms with E-state index in [0.717, 1.165) is 10.8 Å². The lowest BCUT2D eigenvalue weighted by Gasteiger charge is -2.09. The summed E-state index contributed by atoms with van der Waals surface area (Å²) in [7, 11) is 1.52. The van der Waals surface area contributed by atoms with E-state index in [1.807, 2.05) is 0 Å². The fourth-order valence-corrected chi connectivity index (χ4v) is 2.35. The molecule has 0 radical (unpaired) electrons. The molecule has 2 aromatic carbocycles. The molecule has 25 heavy (non-hydrogen) atoms. The fraction of sp³-hybridized carbons (Fsp3) is 0.0556. The Morgan fingerprint density at radius 2 is 1.84 bits per heavy atom. The molecule has 2 N–H and O–H groups in total. The standard InChI is InChI=1S/C18H15N3O4/c1-25-14-9-5-6-12(10-14)20-16(22)15-11-19-18(24)21(17(15)23)13-7-3-2-4-8-13/h2-11H,1H3,(H,19,24)(H,20,22). The van der Waals surface area contributed by atoms with Gasteiger partial charge in [-0.2, -0.15) is 0 Å². The van der Waals surface area contributed by atoms with Gasteiger partial charge in [0.25, 0.3) is 11.5 Å². The van der Waals surface area contributed by atoms with Crippen molar-refractivity contribution in [2.75, 3.05) is 12.4 Å². The highest BCUT2D eigenvalue weighted by Gasteiger charge is 2.16. The number of methoxy groups -OCH3 is 1. The van der Waals surface area contributed by atoms with E-state index in [4.69, 9.17) is 4.74 Å². The molecule has 0 saturated carbocycles. The van der Waals surface area contributed by atoms with E-state index in [9.17, 15) is 14.4 Å². The van der Waals surface area contributed by atoms with Crippen molar-refractivity contribution in [1.82, 2.24) is 9.55 Å². The van der Waals surface area contributed by atoms with E-state index in [-0.39, 0.29) is 5.56 Å². The molecular weight excluding hydrogens is 322 g/mol. The molecule has 0 fully saturated rings. The van der Waals surface area contributed by atoms with Gasteiger partial charge in [-0.1, -0.05) is 24.3 Å². The van der Waals surface area contributed by atoms with Gasteiger partial charge in [-0.05, 0) is 24.3 Å². The molecule has 7 heteroatoms. The number of benzene rings is 2. The maximum Gasteiger partial charge on any atom is 0.333 e. The number of H-pyrrole nitrogens is 1. The summed E-state index contributed by atoms with van der Waals surface area (Å²) >= 11 is 0. The van der Waals surface area contributed by atoms with Crippen molar-refractivity contribution in [2.45, 2.75) is 0 Å². The number of nitrogens with one attached hydrogen (secondary N) is 2. The van der Waals surface area contributed by atoms with E-state index in [2.05, 4.69) is 10.3 Å². The lowest BCUT2D eigenvalue weighted by atomic mass is 10.2. The van der Waals surface area contributed by atoms with Crippen molar-refractivity contribution in [3.8, 4) is 11.4 Å². The number of aromatic nitrogens is 2. The summed E-state index contributed by atoms with van der Waals surface area (Å²) in [5, 5.41) is 2.62. The minimum atomic E-state index is -0.699. The van der Waals surface area contributed by atoms with E-state index in [1.54, 1.807) is 54.6 Å². The highest BCUT2D eigenvalue weighted by Crippen LogP contribution is 2.17. The number of amides is 1. The van der Waals surface area contributed by atoms with Gasteiger partial charge < -0.3 is 15.0 Å². The molecule has 0 bridgehead atoms. The molecule has 0 unspecified atom stereocenters. The van der Waals surface area contributed by atoms with Crippen molar-refractivity contribution in [1.29, 1.82) is 0 Å². The largest absolute Gasteiger partial charge is 0.497 e. The van der Waals surface area contributed by atoms with Crippen molar-refractivity contribution in [3.05, 3.63) is 87.2 Å². The first kappa shape index (κ1) is 16.3. The SMILES string of the molecule is COc1cccc(NC(=O)c2c[nH]c(=O)n(-c3ccccc3)c2=O)c1. The zero-order chi connectivity index (χ0) is 17.8. The van der Waals surface area contributed by atoms with Crippen LogP contribution in [0.25, 0.3) is 5.69 Å². The number of carbonyl (C=O) groups excluding carboxylic acids is 1. The van der Waals surface area contributed by atoms with Gasteiger partial charge in [0, 0.05) is 18.0 Å². The van der Waals surface area contributed by atoms with Gasteiger partial charge in [0.2, 0.25) is 0 Å². The first-order valence-electron chi connectivity index (χ1n) is 7.45. The second-order valence-electron chi connectivity index (χ2n) is 5.17. The van der Waals surface area contributed by atoms with Crippen LogP contribution in [0.3, 0.4) is 0 Å². The molecule has 126 valence electrons. The van der Waals surface area contributed by atoms with Gasteiger partial charge in [-0.3, -0.25) is 9.59 Å². The summed E-state index contributed by atoms with van der Waals surface area (Å²) in [5.41, 5.74) is -0.637. The van der Waals surface area contributed by atoms with Gasteiger partial charge in [0.15, 0.2) is 0 Å². The zero-order valence-electron chi connectivity index (χ0n) is 13.4. The monoisotopic (exact) mass is 337 g/mol. The van der Waals surface area contributed by atoms with E-state index in [0.29, 0.717) is 17.1 Å². The number of carbonyl (C=O) groups is 1. The Kier molecular flexibility index (Phi) is 4.47. The summed E-state index contributed by atoms with van der Waals surface area (Å²) in [6, 6.07) is 15.1. The average Bonchev–Trinajstić information content (AvgIpc) is 2.63. The van der Waals surface area contributed by atoms with Crippen molar-refractivity contribution >= 4 is 11.6 Å². The number of anilines is 1. The van der Waals surface area contributed by atoms with Gasteiger partial charge in [0.1, 0.15) is 11.3 Å². The Morgan fingerprint density at radius 3 is 2.56 bits per heavy atom. The summed E-state index contributed by atoms with van der Waals surface area (Å²) in [5.74, 6) is -0.0554. The van der Waals surface area contributed by atoms with Crippen LogP contribution in [0.4, 0.5) is 5.69 Å². The second-order valence-corrected chi connectivity index (χ2v) is 5.17. The first-order valence-corrected chi connectivity index (χ1v) is 7.45. The predicted octanol–water partition coefficient (Wildman–Crippen LogP) is 1.79. The molecule has 0 aliphatic carbocycles. The van der Waals surface area contributed by atoms with Crippen LogP contribution in [-0.2, 0) is 0 Å². The molecule has 0 saturated heterocycles. The Morgan fingerprint density at radius 1 is 1.08 bits per heavy atom. The fourth-order valence-electron chi connectivity index (χ4n) is 2.35. The molecule has 7 nitrogen and oxygen atoms in total. The van der Waals surface area contributed by atoms with Crippen LogP contribution < -0.4 is 21.3 Å². The molecule has 0 spiro atoms.